The average Bonchev–Trinajstić information content (AvgIpc) is 3.74. The van der Waals surface area contributed by atoms with Crippen molar-refractivity contribution in [1.29, 1.82) is 0 Å². The molecule has 1 aliphatic rings. The third kappa shape index (κ3) is 8.17. The van der Waals surface area contributed by atoms with E-state index in [1.165, 1.54) is 37.5 Å². The van der Waals surface area contributed by atoms with Gasteiger partial charge in [0, 0.05) is 73.7 Å². The summed E-state index contributed by atoms with van der Waals surface area (Å²) in [7, 11) is -2.14. The highest BCUT2D eigenvalue weighted by Gasteiger charge is 2.22. The molecule has 0 atom stereocenters. The second kappa shape index (κ2) is 14.7. The molecule has 2 aromatic carbocycles. The Balaban J connectivity index is 1.19. The van der Waals surface area contributed by atoms with Crippen molar-refractivity contribution < 1.29 is 18.0 Å². The van der Waals surface area contributed by atoms with Gasteiger partial charge in [0.25, 0.3) is 11.8 Å². The minimum absolute atomic E-state index is 0.00617. The second-order valence-electron chi connectivity index (χ2n) is 11.8. The first-order chi connectivity index (χ1) is 23.2. The normalized spacial score (nSPS) is 13.5. The van der Waals surface area contributed by atoms with Gasteiger partial charge in [-0.1, -0.05) is 18.3 Å². The van der Waals surface area contributed by atoms with Gasteiger partial charge >= 0.3 is 0 Å². The minimum Gasteiger partial charge on any atom is -0.351 e. The molecule has 2 N–H and O–H groups in total. The van der Waals surface area contributed by atoms with Gasteiger partial charge in [0.1, 0.15) is 5.65 Å². The van der Waals surface area contributed by atoms with E-state index in [1.807, 2.05) is 28.9 Å². The number of nitrogens with one attached hydrogen (secondary N) is 2. The summed E-state index contributed by atoms with van der Waals surface area (Å²) in [6, 6.07) is 16.7. The highest BCUT2D eigenvalue weighted by Crippen LogP contribution is 2.22. The summed E-state index contributed by atoms with van der Waals surface area (Å²) in [4.78, 5) is 32.5. The van der Waals surface area contributed by atoms with Crippen molar-refractivity contribution in [3.8, 4) is 11.8 Å². The molecule has 5 aromatic rings. The molecular weight excluding hydrogens is 627 g/mol. The molecule has 2 amide bonds. The molecule has 1 fully saturated rings. The molecule has 1 saturated heterocycles. The van der Waals surface area contributed by atoms with E-state index in [9.17, 15) is 18.0 Å². The maximum atomic E-state index is 13.6. The number of hydrogen-bond donors (Lipinski definition) is 2. The van der Waals surface area contributed by atoms with Crippen LogP contribution in [0.3, 0.4) is 0 Å². The number of imidazole rings is 1. The standard InChI is InChI=1S/C36H37N7O4S/c1-41-19-14-32(40-41)26-48(46,47)33-12-11-31(36(45)39-25-28-13-20-43-22-16-37-34(43)23-28)24-30(33)10-7-27-5-8-29(9-6-27)35(44)38-15-21-42-17-3-2-4-18-42/h5-6,8-9,11-14,16,19-20,22-24H,2-4,15,17-18,21,25-26H2,1H3,(H,38,44)(H,39,45). The molecule has 3 aromatic heterocycles. The summed E-state index contributed by atoms with van der Waals surface area (Å²) >= 11 is 0. The Morgan fingerprint density at radius 3 is 2.40 bits per heavy atom. The predicted octanol–water partition coefficient (Wildman–Crippen LogP) is 3.59. The number of likely N-dealkylation sites (tertiary alicyclic amines) is 1. The molecule has 1 aliphatic heterocycles. The van der Waals surface area contributed by atoms with Crippen molar-refractivity contribution in [3.05, 3.63) is 119 Å². The first-order valence-corrected chi connectivity index (χ1v) is 17.6. The first kappa shape index (κ1) is 32.7. The minimum atomic E-state index is -3.86. The molecule has 0 unspecified atom stereocenters. The SMILES string of the molecule is Cn1ccc(CS(=O)(=O)c2ccc(C(=O)NCc3ccn4ccnc4c3)cc2C#Cc2ccc(C(=O)NCCN3CCCCC3)cc2)n1. The summed E-state index contributed by atoms with van der Waals surface area (Å²) in [5.41, 5.74) is 3.61. The van der Waals surface area contributed by atoms with E-state index in [2.05, 4.69) is 37.5 Å². The fraction of sp³-hybridized carbons (Fsp3) is 0.278. The van der Waals surface area contributed by atoms with Crippen molar-refractivity contribution in [2.75, 3.05) is 26.2 Å². The average molecular weight is 664 g/mol. The molecule has 0 bridgehead atoms. The molecule has 12 heteroatoms. The van der Waals surface area contributed by atoms with Crippen molar-refractivity contribution >= 4 is 27.3 Å². The Morgan fingerprint density at radius 2 is 1.62 bits per heavy atom. The zero-order chi connectivity index (χ0) is 33.5. The quantitative estimate of drug-likeness (QED) is 0.219. The summed E-state index contributed by atoms with van der Waals surface area (Å²) in [5, 5.41) is 10.1. The first-order valence-electron chi connectivity index (χ1n) is 15.9. The third-order valence-corrected chi connectivity index (χ3v) is 9.95. The molecule has 6 rings (SSSR count). The van der Waals surface area contributed by atoms with Crippen molar-refractivity contribution in [1.82, 2.24) is 34.7 Å². The van der Waals surface area contributed by atoms with Crippen molar-refractivity contribution in [3.63, 3.8) is 0 Å². The van der Waals surface area contributed by atoms with Gasteiger partial charge in [-0.2, -0.15) is 5.10 Å². The molecule has 0 saturated carbocycles. The van der Waals surface area contributed by atoms with Gasteiger partial charge < -0.3 is 19.9 Å². The lowest BCUT2D eigenvalue weighted by Crippen LogP contribution is -2.37. The van der Waals surface area contributed by atoms with Gasteiger partial charge in [-0.25, -0.2) is 13.4 Å². The van der Waals surface area contributed by atoms with Crippen LogP contribution in [0.15, 0.2) is 90.3 Å². The van der Waals surface area contributed by atoms with E-state index >= 15 is 0 Å². The van der Waals surface area contributed by atoms with Crippen LogP contribution in [0.25, 0.3) is 5.65 Å². The largest absolute Gasteiger partial charge is 0.351 e. The molecule has 4 heterocycles. The number of hydrogen-bond acceptors (Lipinski definition) is 7. The Kier molecular flexibility index (Phi) is 9.99. The number of carbonyl (C=O) groups is 2. The van der Waals surface area contributed by atoms with E-state index in [0.717, 1.165) is 30.8 Å². The van der Waals surface area contributed by atoms with Crippen LogP contribution in [0.4, 0.5) is 0 Å². The van der Waals surface area contributed by atoms with E-state index in [-0.39, 0.29) is 40.1 Å². The highest BCUT2D eigenvalue weighted by atomic mass is 32.2. The van der Waals surface area contributed by atoms with E-state index in [1.54, 1.807) is 54.5 Å². The van der Waals surface area contributed by atoms with Crippen LogP contribution >= 0.6 is 0 Å². The number of carbonyl (C=O) groups excluding carboxylic acids is 2. The fourth-order valence-corrected chi connectivity index (χ4v) is 7.08. The molecule has 11 nitrogen and oxygen atoms in total. The van der Waals surface area contributed by atoms with Gasteiger partial charge in [-0.3, -0.25) is 14.3 Å². The monoisotopic (exact) mass is 663 g/mol. The summed E-state index contributed by atoms with van der Waals surface area (Å²) in [5.74, 6) is 5.16. The number of fused-ring (bicyclic) bond motifs is 1. The van der Waals surface area contributed by atoms with Crippen LogP contribution in [-0.2, 0) is 29.2 Å². The topological polar surface area (TPSA) is 131 Å². The van der Waals surface area contributed by atoms with Crippen LogP contribution in [0.2, 0.25) is 0 Å². The molecule has 48 heavy (non-hydrogen) atoms. The number of nitrogens with zero attached hydrogens (tertiary/aromatic N) is 5. The fourth-order valence-electron chi connectivity index (χ4n) is 5.66. The number of aryl methyl sites for hydroxylation is 1. The molecule has 0 spiro atoms. The summed E-state index contributed by atoms with van der Waals surface area (Å²) in [6.07, 6.45) is 10.8. The smallest absolute Gasteiger partial charge is 0.251 e. The van der Waals surface area contributed by atoms with Crippen LogP contribution in [-0.4, -0.2) is 70.5 Å². The zero-order valence-corrected chi connectivity index (χ0v) is 27.5. The number of amides is 2. The maximum absolute atomic E-state index is 13.6. The second-order valence-corrected chi connectivity index (χ2v) is 13.8. The number of rotatable bonds is 10. The number of piperidine rings is 1. The van der Waals surface area contributed by atoms with E-state index in [4.69, 9.17) is 0 Å². The zero-order valence-electron chi connectivity index (χ0n) is 26.7. The summed E-state index contributed by atoms with van der Waals surface area (Å²) < 4.78 is 30.5. The molecular formula is C36H37N7O4S. The molecule has 0 radical (unpaired) electrons. The van der Waals surface area contributed by atoms with Gasteiger partial charge in [-0.05, 0) is 92.2 Å². The van der Waals surface area contributed by atoms with Crippen LogP contribution in [0.1, 0.15) is 62.4 Å². The Morgan fingerprint density at radius 1 is 0.854 bits per heavy atom. The van der Waals surface area contributed by atoms with Gasteiger partial charge in [0.15, 0.2) is 9.84 Å². The predicted molar refractivity (Wildman–Crippen MR) is 182 cm³/mol. The van der Waals surface area contributed by atoms with Gasteiger partial charge in [0.2, 0.25) is 0 Å². The Bertz CT molecular complexity index is 2100. The Labute approximate surface area is 279 Å². The number of aromatic nitrogens is 4. The van der Waals surface area contributed by atoms with Gasteiger partial charge in [-0.15, -0.1) is 0 Å². The Hall–Kier alpha value is -5.25. The summed E-state index contributed by atoms with van der Waals surface area (Å²) in [6.45, 7) is 3.83. The van der Waals surface area contributed by atoms with Gasteiger partial charge in [0.05, 0.1) is 16.3 Å². The number of pyridine rings is 1. The lowest BCUT2D eigenvalue weighted by molar-refractivity contribution is 0.0940. The number of sulfone groups is 1. The van der Waals surface area contributed by atoms with Crippen molar-refractivity contribution in [2.45, 2.75) is 36.5 Å². The maximum Gasteiger partial charge on any atom is 0.251 e. The van der Waals surface area contributed by atoms with Crippen LogP contribution < -0.4 is 10.6 Å². The van der Waals surface area contributed by atoms with E-state index < -0.39 is 9.84 Å². The lowest BCUT2D eigenvalue weighted by Gasteiger charge is -2.26. The molecule has 246 valence electrons. The number of benzene rings is 2. The molecule has 0 aliphatic carbocycles. The highest BCUT2D eigenvalue weighted by molar-refractivity contribution is 7.90. The van der Waals surface area contributed by atoms with Crippen LogP contribution in [0, 0.1) is 11.8 Å². The van der Waals surface area contributed by atoms with Crippen LogP contribution in [0.5, 0.6) is 0 Å². The third-order valence-electron chi connectivity index (χ3n) is 8.25. The lowest BCUT2D eigenvalue weighted by atomic mass is 10.1. The van der Waals surface area contributed by atoms with E-state index in [0.29, 0.717) is 23.4 Å². The van der Waals surface area contributed by atoms with Crippen molar-refractivity contribution in [2.24, 2.45) is 7.05 Å².